The van der Waals surface area contributed by atoms with E-state index in [1.54, 1.807) is 18.3 Å². The van der Waals surface area contributed by atoms with E-state index in [2.05, 4.69) is 15.0 Å². The number of carboxylic acids is 1. The van der Waals surface area contributed by atoms with Crippen LogP contribution in [0.3, 0.4) is 0 Å². The molecule has 2 saturated carbocycles. The number of aromatic carboxylic acids is 1. The highest BCUT2D eigenvalue weighted by atomic mass is 16.5. The first-order valence-corrected chi connectivity index (χ1v) is 9.42. The number of hydrogen-bond donors (Lipinski definition) is 1. The number of pyridine rings is 1. The molecule has 1 saturated heterocycles. The van der Waals surface area contributed by atoms with Gasteiger partial charge in [-0.2, -0.15) is 4.98 Å². The third-order valence-electron chi connectivity index (χ3n) is 6.25. The summed E-state index contributed by atoms with van der Waals surface area (Å²) in [6, 6.07) is 3.29. The Bertz CT molecular complexity index is 847. The first-order chi connectivity index (χ1) is 12.7. The van der Waals surface area contributed by atoms with Crippen molar-refractivity contribution >= 4 is 11.8 Å². The molecule has 5 rings (SSSR count). The smallest absolute Gasteiger partial charge is 0.339 e. The second-order valence-electron chi connectivity index (χ2n) is 7.97. The lowest BCUT2D eigenvalue weighted by Crippen LogP contribution is -2.33. The van der Waals surface area contributed by atoms with Crippen molar-refractivity contribution in [1.29, 1.82) is 0 Å². The van der Waals surface area contributed by atoms with E-state index in [-0.39, 0.29) is 11.0 Å². The Hall–Kier alpha value is -2.44. The second kappa shape index (κ2) is 5.79. The van der Waals surface area contributed by atoms with Gasteiger partial charge in [-0.25, -0.2) is 9.78 Å². The van der Waals surface area contributed by atoms with Crippen LogP contribution in [0.5, 0.6) is 0 Å². The normalized spacial score (nSPS) is 27.7. The lowest BCUT2D eigenvalue weighted by Gasteiger charge is -2.25. The zero-order valence-corrected chi connectivity index (χ0v) is 14.6. The molecule has 0 unspecified atom stereocenters. The van der Waals surface area contributed by atoms with Crippen LogP contribution in [0.4, 0.5) is 5.82 Å². The predicted molar refractivity (Wildman–Crippen MR) is 93.2 cm³/mol. The highest BCUT2D eigenvalue weighted by molar-refractivity contribution is 5.93. The van der Waals surface area contributed by atoms with Gasteiger partial charge in [-0.15, -0.1) is 0 Å². The molecular weight excluding hydrogens is 332 g/mol. The predicted octanol–water partition coefficient (Wildman–Crippen LogP) is 2.67. The molecule has 26 heavy (non-hydrogen) atoms. The Kier molecular flexibility index (Phi) is 3.52. The largest absolute Gasteiger partial charge is 0.478 e. The van der Waals surface area contributed by atoms with E-state index in [4.69, 9.17) is 9.51 Å². The monoisotopic (exact) mass is 354 g/mol. The SMILES string of the molecule is O=C(O)c1cccnc1N1C[C@H]2CCC[C@@]2(c2nc(CC3CC3)no2)C1. The van der Waals surface area contributed by atoms with Crippen LogP contribution in [0.2, 0.25) is 0 Å². The number of aromatic nitrogens is 3. The van der Waals surface area contributed by atoms with Crippen LogP contribution >= 0.6 is 0 Å². The summed E-state index contributed by atoms with van der Waals surface area (Å²) in [4.78, 5) is 22.8. The van der Waals surface area contributed by atoms with Crippen LogP contribution in [-0.4, -0.2) is 39.3 Å². The second-order valence-corrected chi connectivity index (χ2v) is 7.97. The van der Waals surface area contributed by atoms with Gasteiger partial charge in [-0.3, -0.25) is 0 Å². The summed E-state index contributed by atoms with van der Waals surface area (Å²) in [5.74, 6) is 2.30. The Morgan fingerprint density at radius 2 is 2.27 bits per heavy atom. The number of nitrogens with zero attached hydrogens (tertiary/aromatic N) is 4. The molecule has 3 heterocycles. The van der Waals surface area contributed by atoms with Crippen LogP contribution in [0.25, 0.3) is 0 Å². The third kappa shape index (κ3) is 2.48. The third-order valence-corrected chi connectivity index (χ3v) is 6.25. The molecule has 0 aromatic carbocycles. The summed E-state index contributed by atoms with van der Waals surface area (Å²) < 4.78 is 5.72. The fourth-order valence-electron chi connectivity index (χ4n) is 4.74. The van der Waals surface area contributed by atoms with Gasteiger partial charge in [0.1, 0.15) is 11.4 Å². The molecule has 7 nitrogen and oxygen atoms in total. The molecule has 3 aliphatic rings. The fourth-order valence-corrected chi connectivity index (χ4v) is 4.74. The number of fused-ring (bicyclic) bond motifs is 1. The molecule has 2 aromatic heterocycles. The van der Waals surface area contributed by atoms with E-state index in [1.807, 2.05) is 0 Å². The van der Waals surface area contributed by atoms with Gasteiger partial charge >= 0.3 is 5.97 Å². The molecular formula is C19H22N4O3. The number of rotatable bonds is 5. The molecule has 1 aliphatic heterocycles. The molecule has 2 atom stereocenters. The minimum absolute atomic E-state index is 0.165. The fraction of sp³-hybridized carbons (Fsp3) is 0.579. The highest BCUT2D eigenvalue weighted by Crippen LogP contribution is 2.51. The molecule has 3 fully saturated rings. The molecule has 0 bridgehead atoms. The van der Waals surface area contributed by atoms with E-state index in [0.717, 1.165) is 49.9 Å². The maximum atomic E-state index is 11.6. The van der Waals surface area contributed by atoms with Crippen molar-refractivity contribution in [3.63, 3.8) is 0 Å². The van der Waals surface area contributed by atoms with E-state index in [0.29, 0.717) is 18.3 Å². The summed E-state index contributed by atoms with van der Waals surface area (Å²) >= 11 is 0. The summed E-state index contributed by atoms with van der Waals surface area (Å²) in [5.41, 5.74) is 0.0878. The van der Waals surface area contributed by atoms with Crippen LogP contribution < -0.4 is 4.90 Å². The van der Waals surface area contributed by atoms with Crippen molar-refractivity contribution in [3.8, 4) is 0 Å². The van der Waals surface area contributed by atoms with Gasteiger partial charge in [0.2, 0.25) is 5.89 Å². The van der Waals surface area contributed by atoms with Gasteiger partial charge in [0, 0.05) is 25.7 Å². The van der Waals surface area contributed by atoms with Gasteiger partial charge in [-0.1, -0.05) is 11.6 Å². The first kappa shape index (κ1) is 15.8. The Morgan fingerprint density at radius 1 is 1.38 bits per heavy atom. The highest BCUT2D eigenvalue weighted by Gasteiger charge is 2.55. The van der Waals surface area contributed by atoms with Crippen molar-refractivity contribution in [1.82, 2.24) is 15.1 Å². The molecule has 2 aliphatic carbocycles. The zero-order chi connectivity index (χ0) is 17.7. The van der Waals surface area contributed by atoms with Gasteiger partial charge in [0.25, 0.3) is 0 Å². The van der Waals surface area contributed by atoms with Gasteiger partial charge in [-0.05, 0) is 49.7 Å². The minimum atomic E-state index is -0.941. The average molecular weight is 354 g/mol. The van der Waals surface area contributed by atoms with E-state index in [9.17, 15) is 9.90 Å². The molecule has 0 amide bonds. The van der Waals surface area contributed by atoms with Crippen molar-refractivity contribution < 1.29 is 14.4 Å². The number of hydrogen-bond acceptors (Lipinski definition) is 6. The number of carbonyl (C=O) groups is 1. The zero-order valence-electron chi connectivity index (χ0n) is 14.6. The number of anilines is 1. The van der Waals surface area contributed by atoms with E-state index in [1.165, 1.54) is 12.8 Å². The van der Waals surface area contributed by atoms with Gasteiger partial charge in [0.15, 0.2) is 5.82 Å². The molecule has 2 aromatic rings. The minimum Gasteiger partial charge on any atom is -0.478 e. The Labute approximate surface area is 151 Å². The average Bonchev–Trinajstić information content (AvgIpc) is 3.03. The van der Waals surface area contributed by atoms with Crippen molar-refractivity contribution in [3.05, 3.63) is 35.6 Å². The Morgan fingerprint density at radius 3 is 3.08 bits per heavy atom. The van der Waals surface area contributed by atoms with Crippen molar-refractivity contribution in [2.24, 2.45) is 11.8 Å². The first-order valence-electron chi connectivity index (χ1n) is 9.42. The van der Waals surface area contributed by atoms with Gasteiger partial charge < -0.3 is 14.5 Å². The summed E-state index contributed by atoms with van der Waals surface area (Å²) in [6.45, 7) is 1.48. The molecule has 136 valence electrons. The van der Waals surface area contributed by atoms with E-state index >= 15 is 0 Å². The van der Waals surface area contributed by atoms with Crippen LogP contribution in [0, 0.1) is 11.8 Å². The van der Waals surface area contributed by atoms with Gasteiger partial charge in [0.05, 0.1) is 5.41 Å². The maximum Gasteiger partial charge on any atom is 0.339 e. The maximum absolute atomic E-state index is 11.6. The molecule has 1 N–H and O–H groups in total. The van der Waals surface area contributed by atoms with Crippen LogP contribution in [0.15, 0.2) is 22.9 Å². The van der Waals surface area contributed by atoms with Crippen LogP contribution in [-0.2, 0) is 11.8 Å². The number of carboxylic acid groups (broad SMARTS) is 1. The molecule has 7 heteroatoms. The standard InChI is InChI=1S/C19H22N4O3/c24-17(25)14-4-2-8-20-16(14)23-10-13-3-1-7-19(13,11-23)18-21-15(22-26-18)9-12-5-6-12/h2,4,8,12-13H,1,3,5-7,9-11H2,(H,24,25)/t13-,19-/m1/s1. The van der Waals surface area contributed by atoms with Crippen molar-refractivity contribution in [2.45, 2.75) is 43.9 Å². The summed E-state index contributed by atoms with van der Waals surface area (Å²) in [5, 5.41) is 13.7. The van der Waals surface area contributed by atoms with Crippen molar-refractivity contribution in [2.75, 3.05) is 18.0 Å². The Balaban J connectivity index is 1.46. The summed E-state index contributed by atoms with van der Waals surface area (Å²) in [6.07, 6.45) is 8.36. The summed E-state index contributed by atoms with van der Waals surface area (Å²) in [7, 11) is 0. The molecule has 0 radical (unpaired) electrons. The van der Waals surface area contributed by atoms with E-state index < -0.39 is 5.97 Å². The molecule has 0 spiro atoms. The lowest BCUT2D eigenvalue weighted by molar-refractivity contribution is 0.0697. The quantitative estimate of drug-likeness (QED) is 0.882. The van der Waals surface area contributed by atoms with Crippen LogP contribution in [0.1, 0.15) is 54.2 Å². The lowest BCUT2D eigenvalue weighted by atomic mass is 9.80. The topological polar surface area (TPSA) is 92.3 Å².